The fourth-order valence-electron chi connectivity index (χ4n) is 1.31. The van der Waals surface area contributed by atoms with E-state index in [9.17, 15) is 13.2 Å². The van der Waals surface area contributed by atoms with Crippen molar-refractivity contribution in [1.29, 1.82) is 0 Å². The number of rotatable bonds is 7. The SMILES string of the molecule is CCCN(CC(=O)O)S(=O)(=O)Cc1ccon1. The van der Waals surface area contributed by atoms with Gasteiger partial charge in [0.1, 0.15) is 18.6 Å². The molecule has 0 amide bonds. The molecule has 7 nitrogen and oxygen atoms in total. The van der Waals surface area contributed by atoms with Crippen LogP contribution in [-0.2, 0) is 20.6 Å². The molecule has 1 N–H and O–H groups in total. The Morgan fingerprint density at radius 1 is 1.59 bits per heavy atom. The first kappa shape index (κ1) is 13.7. The molecule has 17 heavy (non-hydrogen) atoms. The van der Waals surface area contributed by atoms with E-state index in [0.717, 1.165) is 4.31 Å². The van der Waals surface area contributed by atoms with Gasteiger partial charge in [0.25, 0.3) is 0 Å². The highest BCUT2D eigenvalue weighted by Gasteiger charge is 2.24. The maximum absolute atomic E-state index is 11.9. The number of carbonyl (C=O) groups is 1. The first-order chi connectivity index (χ1) is 7.95. The molecule has 0 fully saturated rings. The number of hydrogen-bond donors (Lipinski definition) is 1. The summed E-state index contributed by atoms with van der Waals surface area (Å²) < 4.78 is 29.3. The molecule has 0 saturated heterocycles. The lowest BCUT2D eigenvalue weighted by Gasteiger charge is -2.18. The highest BCUT2D eigenvalue weighted by atomic mass is 32.2. The number of sulfonamides is 1. The number of aliphatic carboxylic acids is 1. The molecule has 0 spiro atoms. The maximum atomic E-state index is 11.9. The Morgan fingerprint density at radius 2 is 2.29 bits per heavy atom. The zero-order valence-corrected chi connectivity index (χ0v) is 10.2. The van der Waals surface area contributed by atoms with Gasteiger partial charge in [-0.1, -0.05) is 12.1 Å². The Kier molecular flexibility index (Phi) is 4.64. The smallest absolute Gasteiger partial charge is 0.318 e. The third kappa shape index (κ3) is 4.16. The molecule has 0 aromatic carbocycles. The van der Waals surface area contributed by atoms with Crippen molar-refractivity contribution in [3.8, 4) is 0 Å². The normalized spacial score (nSPS) is 11.9. The van der Waals surface area contributed by atoms with Crippen LogP contribution in [0, 0.1) is 0 Å². The summed E-state index contributed by atoms with van der Waals surface area (Å²) in [6.07, 6.45) is 1.82. The molecule has 1 aromatic heterocycles. The number of aromatic nitrogens is 1. The molecule has 0 aliphatic carbocycles. The third-order valence-electron chi connectivity index (χ3n) is 2.00. The van der Waals surface area contributed by atoms with E-state index >= 15 is 0 Å². The van der Waals surface area contributed by atoms with Crippen LogP contribution in [0.1, 0.15) is 19.0 Å². The van der Waals surface area contributed by atoms with Gasteiger partial charge in [0.15, 0.2) is 0 Å². The van der Waals surface area contributed by atoms with E-state index in [1.165, 1.54) is 12.3 Å². The van der Waals surface area contributed by atoms with E-state index in [4.69, 9.17) is 5.11 Å². The zero-order valence-electron chi connectivity index (χ0n) is 9.37. The van der Waals surface area contributed by atoms with Crippen molar-refractivity contribution < 1.29 is 22.8 Å². The number of hydrogen-bond acceptors (Lipinski definition) is 5. The van der Waals surface area contributed by atoms with Crippen LogP contribution >= 0.6 is 0 Å². The topological polar surface area (TPSA) is 101 Å². The third-order valence-corrected chi connectivity index (χ3v) is 3.76. The molecule has 1 aromatic rings. The fourth-order valence-corrected chi connectivity index (χ4v) is 2.78. The minimum atomic E-state index is -3.67. The molecule has 1 heterocycles. The minimum Gasteiger partial charge on any atom is -0.480 e. The summed E-state index contributed by atoms with van der Waals surface area (Å²) >= 11 is 0. The van der Waals surface area contributed by atoms with Gasteiger partial charge < -0.3 is 9.63 Å². The van der Waals surface area contributed by atoms with Crippen LogP contribution in [0.2, 0.25) is 0 Å². The number of nitrogens with zero attached hydrogens (tertiary/aromatic N) is 2. The van der Waals surface area contributed by atoms with Crippen molar-refractivity contribution in [3.63, 3.8) is 0 Å². The van der Waals surface area contributed by atoms with Crippen LogP contribution in [0.4, 0.5) is 0 Å². The maximum Gasteiger partial charge on any atom is 0.318 e. The molecule has 96 valence electrons. The molecule has 0 aliphatic heterocycles. The van der Waals surface area contributed by atoms with E-state index in [-0.39, 0.29) is 18.0 Å². The average Bonchev–Trinajstić information content (AvgIpc) is 2.68. The van der Waals surface area contributed by atoms with E-state index in [1.807, 2.05) is 0 Å². The van der Waals surface area contributed by atoms with Crippen molar-refractivity contribution in [2.75, 3.05) is 13.1 Å². The molecule has 0 saturated carbocycles. The van der Waals surface area contributed by atoms with Crippen LogP contribution in [0.3, 0.4) is 0 Å². The summed E-state index contributed by atoms with van der Waals surface area (Å²) in [6, 6.07) is 1.43. The van der Waals surface area contributed by atoms with Crippen molar-refractivity contribution in [2.24, 2.45) is 0 Å². The lowest BCUT2D eigenvalue weighted by Crippen LogP contribution is -2.37. The molecule has 0 atom stereocenters. The summed E-state index contributed by atoms with van der Waals surface area (Å²) in [4.78, 5) is 10.6. The van der Waals surface area contributed by atoms with Gasteiger partial charge in [-0.15, -0.1) is 0 Å². The fraction of sp³-hybridized carbons (Fsp3) is 0.556. The first-order valence-corrected chi connectivity index (χ1v) is 6.65. The van der Waals surface area contributed by atoms with E-state index in [1.54, 1.807) is 6.92 Å². The Morgan fingerprint density at radius 3 is 2.76 bits per heavy atom. The summed E-state index contributed by atoms with van der Waals surface area (Å²) in [5.74, 6) is -1.53. The van der Waals surface area contributed by atoms with Crippen LogP contribution in [0.25, 0.3) is 0 Å². The number of carboxylic acids is 1. The Labute approximate surface area is 99.1 Å². The Hall–Kier alpha value is -1.41. The summed E-state index contributed by atoms with van der Waals surface area (Å²) in [5, 5.41) is 12.2. The molecular weight excluding hydrogens is 248 g/mol. The van der Waals surface area contributed by atoms with Gasteiger partial charge in [0, 0.05) is 12.6 Å². The zero-order chi connectivity index (χ0) is 12.9. The monoisotopic (exact) mass is 262 g/mol. The second-order valence-electron chi connectivity index (χ2n) is 3.47. The van der Waals surface area contributed by atoms with Crippen LogP contribution in [-0.4, -0.2) is 42.0 Å². The van der Waals surface area contributed by atoms with Crippen LogP contribution in [0.15, 0.2) is 16.9 Å². The van der Waals surface area contributed by atoms with Crippen molar-refractivity contribution in [1.82, 2.24) is 9.46 Å². The molecule has 8 heteroatoms. The minimum absolute atomic E-state index is 0.173. The molecular formula is C9H14N2O5S. The summed E-state index contributed by atoms with van der Waals surface area (Å²) in [5.41, 5.74) is 0.261. The molecule has 1 rings (SSSR count). The average molecular weight is 262 g/mol. The lowest BCUT2D eigenvalue weighted by atomic mass is 10.5. The van der Waals surface area contributed by atoms with Crippen molar-refractivity contribution >= 4 is 16.0 Å². The predicted octanol–water partition coefficient (Wildman–Crippen LogP) is 0.301. The second-order valence-corrected chi connectivity index (χ2v) is 5.44. The van der Waals surface area contributed by atoms with E-state index in [0.29, 0.717) is 6.42 Å². The molecule has 0 aliphatic rings. The van der Waals surface area contributed by atoms with Gasteiger partial charge in [0.2, 0.25) is 10.0 Å². The van der Waals surface area contributed by atoms with Gasteiger partial charge in [-0.25, -0.2) is 8.42 Å². The first-order valence-electron chi connectivity index (χ1n) is 5.04. The van der Waals surface area contributed by atoms with Crippen LogP contribution < -0.4 is 0 Å². The van der Waals surface area contributed by atoms with Crippen molar-refractivity contribution in [3.05, 3.63) is 18.0 Å². The highest BCUT2D eigenvalue weighted by molar-refractivity contribution is 7.88. The number of carboxylic acid groups (broad SMARTS) is 1. The lowest BCUT2D eigenvalue weighted by molar-refractivity contribution is -0.137. The van der Waals surface area contributed by atoms with Crippen molar-refractivity contribution in [2.45, 2.75) is 19.1 Å². The molecule has 0 unspecified atom stereocenters. The van der Waals surface area contributed by atoms with Crippen LogP contribution in [0.5, 0.6) is 0 Å². The van der Waals surface area contributed by atoms with E-state index in [2.05, 4.69) is 9.68 Å². The molecule has 0 bridgehead atoms. The standard InChI is InChI=1S/C9H14N2O5S/c1-2-4-11(6-9(12)13)17(14,15)7-8-3-5-16-10-8/h3,5H,2,4,6-7H2,1H3,(H,12,13). The molecule has 0 radical (unpaired) electrons. The highest BCUT2D eigenvalue weighted by Crippen LogP contribution is 2.09. The summed E-state index contributed by atoms with van der Waals surface area (Å²) in [6.45, 7) is 1.42. The largest absolute Gasteiger partial charge is 0.480 e. The quantitative estimate of drug-likeness (QED) is 0.758. The van der Waals surface area contributed by atoms with Gasteiger partial charge in [-0.3, -0.25) is 4.79 Å². The second kappa shape index (κ2) is 5.78. The van der Waals surface area contributed by atoms with E-state index < -0.39 is 22.5 Å². The predicted molar refractivity (Wildman–Crippen MR) is 58.6 cm³/mol. The van der Waals surface area contributed by atoms with Gasteiger partial charge >= 0.3 is 5.97 Å². The summed E-state index contributed by atoms with van der Waals surface area (Å²) in [7, 11) is -3.67. The van der Waals surface area contributed by atoms with Gasteiger partial charge in [-0.05, 0) is 6.42 Å². The van der Waals surface area contributed by atoms with Gasteiger partial charge in [0.05, 0.1) is 5.69 Å². The Balaban J connectivity index is 2.80. The Bertz CT molecular complexity index is 454. The van der Waals surface area contributed by atoms with Gasteiger partial charge in [-0.2, -0.15) is 4.31 Å².